The number of methoxy groups -OCH3 is 1. The van der Waals surface area contributed by atoms with E-state index in [-0.39, 0.29) is 0 Å². The quantitative estimate of drug-likeness (QED) is 0.683. The van der Waals surface area contributed by atoms with Crippen molar-refractivity contribution in [2.75, 3.05) is 46.4 Å². The molecule has 2 heterocycles. The highest BCUT2D eigenvalue weighted by molar-refractivity contribution is 4.97. The molecular formula is C10H20N2O. The minimum Gasteiger partial charge on any atom is -0.383 e. The maximum atomic E-state index is 5.07. The van der Waals surface area contributed by atoms with Crippen LogP contribution in [0.4, 0.5) is 0 Å². The zero-order chi connectivity index (χ0) is 9.15. The van der Waals surface area contributed by atoms with E-state index in [9.17, 15) is 0 Å². The molecule has 2 aliphatic heterocycles. The zero-order valence-corrected chi connectivity index (χ0v) is 8.51. The second-order valence-electron chi connectivity index (χ2n) is 4.45. The predicted molar refractivity (Wildman–Crippen MR) is 52.9 cm³/mol. The van der Waals surface area contributed by atoms with Crippen LogP contribution in [0.15, 0.2) is 0 Å². The second kappa shape index (κ2) is 3.95. The largest absolute Gasteiger partial charge is 0.383 e. The summed E-state index contributed by atoms with van der Waals surface area (Å²) in [5.74, 6) is 0. The van der Waals surface area contributed by atoms with Gasteiger partial charge in [-0.3, -0.25) is 4.90 Å². The van der Waals surface area contributed by atoms with E-state index in [2.05, 4.69) is 10.2 Å². The van der Waals surface area contributed by atoms with Crippen molar-refractivity contribution >= 4 is 0 Å². The molecule has 0 radical (unpaired) electrons. The van der Waals surface area contributed by atoms with Gasteiger partial charge in [-0.25, -0.2) is 0 Å². The van der Waals surface area contributed by atoms with Crippen LogP contribution in [0.2, 0.25) is 0 Å². The molecule has 0 atom stereocenters. The number of ether oxygens (including phenoxy) is 1. The summed E-state index contributed by atoms with van der Waals surface area (Å²) in [5.41, 5.74) is 0.680. The fourth-order valence-corrected chi connectivity index (χ4v) is 2.55. The van der Waals surface area contributed by atoms with E-state index < -0.39 is 0 Å². The van der Waals surface area contributed by atoms with Crippen molar-refractivity contribution < 1.29 is 4.74 Å². The van der Waals surface area contributed by atoms with Crippen LogP contribution >= 0.6 is 0 Å². The summed E-state index contributed by atoms with van der Waals surface area (Å²) in [6.45, 7) is 7.05. The number of rotatable bonds is 3. The zero-order valence-electron chi connectivity index (χ0n) is 8.51. The Labute approximate surface area is 80.4 Å². The van der Waals surface area contributed by atoms with Gasteiger partial charge in [0, 0.05) is 26.7 Å². The van der Waals surface area contributed by atoms with Crippen molar-refractivity contribution in [2.24, 2.45) is 5.41 Å². The first-order chi connectivity index (χ1) is 6.35. The average molecular weight is 184 g/mol. The molecule has 2 aliphatic rings. The minimum atomic E-state index is 0.680. The van der Waals surface area contributed by atoms with Gasteiger partial charge < -0.3 is 10.1 Å². The van der Waals surface area contributed by atoms with Crippen molar-refractivity contribution in [3.05, 3.63) is 0 Å². The highest BCUT2D eigenvalue weighted by atomic mass is 16.5. The minimum absolute atomic E-state index is 0.680. The normalized spacial score (nSPS) is 27.5. The molecule has 3 heteroatoms. The van der Waals surface area contributed by atoms with Gasteiger partial charge in [0.15, 0.2) is 0 Å². The predicted octanol–water partition coefficient (Wildman–Crippen LogP) is 0.318. The summed E-state index contributed by atoms with van der Waals surface area (Å²) >= 11 is 0. The molecule has 2 fully saturated rings. The lowest BCUT2D eigenvalue weighted by atomic mass is 9.72. The van der Waals surface area contributed by atoms with E-state index in [0.29, 0.717) is 5.41 Å². The third-order valence-corrected chi connectivity index (χ3v) is 3.39. The highest BCUT2D eigenvalue weighted by Gasteiger charge is 2.42. The van der Waals surface area contributed by atoms with E-state index in [0.717, 1.165) is 13.2 Å². The van der Waals surface area contributed by atoms with Gasteiger partial charge in [-0.2, -0.15) is 0 Å². The fraction of sp³-hybridized carbons (Fsp3) is 1.00. The summed E-state index contributed by atoms with van der Waals surface area (Å²) in [5, 5.41) is 3.42. The Hall–Kier alpha value is -0.120. The molecule has 0 aromatic carbocycles. The molecule has 0 saturated carbocycles. The summed E-state index contributed by atoms with van der Waals surface area (Å²) in [4.78, 5) is 2.51. The van der Waals surface area contributed by atoms with E-state index in [1.807, 2.05) is 0 Å². The first kappa shape index (κ1) is 9.44. The van der Waals surface area contributed by atoms with Crippen LogP contribution < -0.4 is 5.32 Å². The lowest BCUT2D eigenvalue weighted by Gasteiger charge is -2.52. The monoisotopic (exact) mass is 184 g/mol. The van der Waals surface area contributed by atoms with E-state index in [1.54, 1.807) is 7.11 Å². The fourth-order valence-electron chi connectivity index (χ4n) is 2.55. The number of nitrogens with zero attached hydrogens (tertiary/aromatic N) is 1. The molecule has 0 bridgehead atoms. The Bertz CT molecular complexity index is 158. The van der Waals surface area contributed by atoms with Crippen LogP contribution in [0.5, 0.6) is 0 Å². The van der Waals surface area contributed by atoms with Gasteiger partial charge in [0.05, 0.1) is 6.61 Å². The molecule has 1 N–H and O–H groups in total. The number of piperidine rings is 1. The molecule has 2 saturated heterocycles. The van der Waals surface area contributed by atoms with Crippen molar-refractivity contribution in [2.45, 2.75) is 12.8 Å². The summed E-state index contributed by atoms with van der Waals surface area (Å²) < 4.78 is 5.07. The highest BCUT2D eigenvalue weighted by Crippen LogP contribution is 2.38. The third kappa shape index (κ3) is 2.03. The topological polar surface area (TPSA) is 24.5 Å². The Kier molecular flexibility index (Phi) is 2.86. The Balaban J connectivity index is 1.69. The van der Waals surface area contributed by atoms with Crippen molar-refractivity contribution in [3.63, 3.8) is 0 Å². The number of hydrogen-bond acceptors (Lipinski definition) is 3. The van der Waals surface area contributed by atoms with Gasteiger partial charge in [0.2, 0.25) is 0 Å². The molecule has 76 valence electrons. The standard InChI is InChI=1S/C10H20N2O/c1-13-7-6-12-8-10(9-12)2-4-11-5-3-10/h11H,2-9H2,1H3. The van der Waals surface area contributed by atoms with Crippen LogP contribution in [0, 0.1) is 5.41 Å². The molecule has 0 aromatic rings. The third-order valence-electron chi connectivity index (χ3n) is 3.39. The molecule has 0 aliphatic carbocycles. The van der Waals surface area contributed by atoms with Gasteiger partial charge in [0.25, 0.3) is 0 Å². The first-order valence-electron chi connectivity index (χ1n) is 5.27. The van der Waals surface area contributed by atoms with Gasteiger partial charge in [0.1, 0.15) is 0 Å². The number of hydrogen-bond donors (Lipinski definition) is 1. The molecule has 1 spiro atoms. The molecular weight excluding hydrogens is 164 g/mol. The molecule has 0 aromatic heterocycles. The van der Waals surface area contributed by atoms with Gasteiger partial charge in [-0.1, -0.05) is 0 Å². The van der Waals surface area contributed by atoms with E-state index in [4.69, 9.17) is 4.74 Å². The molecule has 2 rings (SSSR count). The summed E-state index contributed by atoms with van der Waals surface area (Å²) in [6, 6.07) is 0. The summed E-state index contributed by atoms with van der Waals surface area (Å²) in [7, 11) is 1.78. The lowest BCUT2D eigenvalue weighted by Crippen LogP contribution is -2.60. The van der Waals surface area contributed by atoms with Crippen molar-refractivity contribution in [1.82, 2.24) is 10.2 Å². The number of likely N-dealkylation sites (tertiary alicyclic amines) is 1. The van der Waals surface area contributed by atoms with Gasteiger partial charge >= 0.3 is 0 Å². The van der Waals surface area contributed by atoms with E-state index in [1.165, 1.54) is 39.0 Å². The van der Waals surface area contributed by atoms with E-state index >= 15 is 0 Å². The molecule has 13 heavy (non-hydrogen) atoms. The molecule has 3 nitrogen and oxygen atoms in total. The van der Waals surface area contributed by atoms with Gasteiger partial charge in [-0.05, 0) is 31.3 Å². The van der Waals surface area contributed by atoms with Gasteiger partial charge in [-0.15, -0.1) is 0 Å². The van der Waals surface area contributed by atoms with Crippen LogP contribution in [0.25, 0.3) is 0 Å². The van der Waals surface area contributed by atoms with Crippen LogP contribution in [-0.4, -0.2) is 51.3 Å². The van der Waals surface area contributed by atoms with Crippen molar-refractivity contribution in [1.29, 1.82) is 0 Å². The van der Waals surface area contributed by atoms with Crippen LogP contribution in [-0.2, 0) is 4.74 Å². The number of nitrogens with one attached hydrogen (secondary N) is 1. The summed E-state index contributed by atoms with van der Waals surface area (Å²) in [6.07, 6.45) is 2.74. The Morgan fingerprint density at radius 1 is 1.31 bits per heavy atom. The van der Waals surface area contributed by atoms with Crippen LogP contribution in [0.1, 0.15) is 12.8 Å². The first-order valence-corrected chi connectivity index (χ1v) is 5.27. The Morgan fingerprint density at radius 3 is 2.62 bits per heavy atom. The smallest absolute Gasteiger partial charge is 0.0589 e. The second-order valence-corrected chi connectivity index (χ2v) is 4.45. The maximum absolute atomic E-state index is 5.07. The SMILES string of the molecule is COCCN1CC2(CCNCC2)C1. The van der Waals surface area contributed by atoms with Crippen molar-refractivity contribution in [3.8, 4) is 0 Å². The molecule has 0 unspecified atom stereocenters. The lowest BCUT2D eigenvalue weighted by molar-refractivity contribution is -0.0335. The Morgan fingerprint density at radius 2 is 2.00 bits per heavy atom. The average Bonchev–Trinajstić information content (AvgIpc) is 2.13. The molecule has 0 amide bonds. The maximum Gasteiger partial charge on any atom is 0.0589 e. The van der Waals surface area contributed by atoms with Crippen LogP contribution in [0.3, 0.4) is 0 Å².